The van der Waals surface area contributed by atoms with Crippen molar-refractivity contribution in [2.75, 3.05) is 6.61 Å². The first-order valence-corrected chi connectivity index (χ1v) is 7.41. The van der Waals surface area contributed by atoms with Gasteiger partial charge in [0, 0.05) is 6.20 Å². The fourth-order valence-corrected chi connectivity index (χ4v) is 2.44. The van der Waals surface area contributed by atoms with Crippen LogP contribution >= 0.6 is 23.2 Å². The van der Waals surface area contributed by atoms with Gasteiger partial charge in [0.2, 0.25) is 0 Å². The molecule has 0 fully saturated rings. The summed E-state index contributed by atoms with van der Waals surface area (Å²) in [5, 5.41) is 0.958. The molecule has 4 nitrogen and oxygen atoms in total. The van der Waals surface area contributed by atoms with Crippen molar-refractivity contribution in [3.63, 3.8) is 0 Å². The highest BCUT2D eigenvalue weighted by Gasteiger charge is 2.17. The smallest absolute Gasteiger partial charge is 0.119 e. The number of halogens is 2. The number of benzene rings is 1. The lowest BCUT2D eigenvalue weighted by molar-refractivity contribution is 0.317. The van der Waals surface area contributed by atoms with E-state index in [1.54, 1.807) is 12.3 Å². The topological polar surface area (TPSA) is 60.2 Å². The minimum Gasteiger partial charge on any atom is -0.494 e. The van der Waals surface area contributed by atoms with Crippen LogP contribution in [-0.2, 0) is 0 Å². The zero-order chi connectivity index (χ0) is 15.2. The van der Waals surface area contributed by atoms with Crippen molar-refractivity contribution >= 4 is 23.2 Å². The van der Waals surface area contributed by atoms with Gasteiger partial charge in [-0.3, -0.25) is 10.8 Å². The van der Waals surface area contributed by atoms with Crippen molar-refractivity contribution in [2.45, 2.75) is 19.4 Å². The second-order valence-electron chi connectivity index (χ2n) is 4.54. The Labute approximate surface area is 134 Å². The molecule has 2 rings (SSSR count). The first-order chi connectivity index (χ1) is 10.2. The van der Waals surface area contributed by atoms with Crippen LogP contribution in [-0.4, -0.2) is 11.6 Å². The molecule has 21 heavy (non-hydrogen) atoms. The first-order valence-electron chi connectivity index (χ1n) is 6.65. The second kappa shape index (κ2) is 7.61. The molecule has 1 atom stereocenters. The molecule has 2 aromatic rings. The monoisotopic (exact) mass is 325 g/mol. The van der Waals surface area contributed by atoms with E-state index in [2.05, 4.69) is 17.3 Å². The summed E-state index contributed by atoms with van der Waals surface area (Å²) in [5.74, 6) is 6.47. The lowest BCUT2D eigenvalue weighted by atomic mass is 10.0. The maximum atomic E-state index is 6.19. The maximum Gasteiger partial charge on any atom is 0.119 e. The van der Waals surface area contributed by atoms with Crippen molar-refractivity contribution in [1.29, 1.82) is 0 Å². The molecule has 0 aliphatic rings. The molecule has 3 N–H and O–H groups in total. The van der Waals surface area contributed by atoms with Gasteiger partial charge in [-0.1, -0.05) is 42.3 Å². The summed E-state index contributed by atoms with van der Waals surface area (Å²) in [7, 11) is 0. The zero-order valence-corrected chi connectivity index (χ0v) is 13.2. The van der Waals surface area contributed by atoms with Crippen molar-refractivity contribution < 1.29 is 4.74 Å². The van der Waals surface area contributed by atoms with Crippen molar-refractivity contribution in [1.82, 2.24) is 10.4 Å². The molecule has 1 heterocycles. The largest absolute Gasteiger partial charge is 0.494 e. The third-order valence-electron chi connectivity index (χ3n) is 2.96. The number of hydrogen-bond donors (Lipinski definition) is 2. The van der Waals surface area contributed by atoms with Gasteiger partial charge in [0.25, 0.3) is 0 Å². The van der Waals surface area contributed by atoms with E-state index in [9.17, 15) is 0 Å². The van der Waals surface area contributed by atoms with Gasteiger partial charge in [-0.25, -0.2) is 5.43 Å². The molecule has 1 aromatic carbocycles. The quantitative estimate of drug-likeness (QED) is 0.627. The summed E-state index contributed by atoms with van der Waals surface area (Å²) in [6.45, 7) is 2.76. The number of hydrazine groups is 1. The average Bonchev–Trinajstić information content (AvgIpc) is 2.49. The Bertz CT molecular complexity index is 590. The van der Waals surface area contributed by atoms with Crippen LogP contribution in [0.3, 0.4) is 0 Å². The number of rotatable bonds is 6. The fourth-order valence-electron chi connectivity index (χ4n) is 1.95. The predicted molar refractivity (Wildman–Crippen MR) is 85.7 cm³/mol. The molecule has 0 aliphatic heterocycles. The Morgan fingerprint density at radius 3 is 2.57 bits per heavy atom. The number of nitrogens with two attached hydrogens (primary N) is 1. The summed E-state index contributed by atoms with van der Waals surface area (Å²) in [4.78, 5) is 4.26. The van der Waals surface area contributed by atoms with Gasteiger partial charge in [0.15, 0.2) is 0 Å². The number of aromatic nitrogens is 1. The molecule has 0 bridgehead atoms. The van der Waals surface area contributed by atoms with Gasteiger partial charge >= 0.3 is 0 Å². The number of pyridine rings is 1. The number of hydrogen-bond acceptors (Lipinski definition) is 4. The third-order valence-corrected chi connectivity index (χ3v) is 3.47. The second-order valence-corrected chi connectivity index (χ2v) is 5.38. The fraction of sp³-hybridized carbons (Fsp3) is 0.267. The van der Waals surface area contributed by atoms with Gasteiger partial charge in [-0.2, -0.15) is 0 Å². The van der Waals surface area contributed by atoms with E-state index in [1.807, 2.05) is 24.3 Å². The number of ether oxygens (including phenoxy) is 1. The Balaban J connectivity index is 2.24. The van der Waals surface area contributed by atoms with Gasteiger partial charge in [-0.05, 0) is 30.2 Å². The normalized spacial score (nSPS) is 12.2. The predicted octanol–water partition coefficient (Wildman–Crippen LogP) is 3.73. The van der Waals surface area contributed by atoms with Crippen molar-refractivity contribution in [3.8, 4) is 5.75 Å². The molecular formula is C15H17Cl2N3O. The van der Waals surface area contributed by atoms with Gasteiger partial charge < -0.3 is 4.74 Å². The van der Waals surface area contributed by atoms with Crippen LogP contribution in [0.5, 0.6) is 5.75 Å². The lowest BCUT2D eigenvalue weighted by Crippen LogP contribution is -2.29. The van der Waals surface area contributed by atoms with Crippen LogP contribution in [0.25, 0.3) is 0 Å². The summed E-state index contributed by atoms with van der Waals surface area (Å²) in [5.41, 5.74) is 4.30. The summed E-state index contributed by atoms with van der Waals surface area (Å²) in [6, 6.07) is 9.01. The highest BCUT2D eigenvalue weighted by atomic mass is 35.5. The van der Waals surface area contributed by atoms with Gasteiger partial charge in [-0.15, -0.1) is 0 Å². The van der Waals surface area contributed by atoms with Crippen LogP contribution in [0.2, 0.25) is 10.0 Å². The summed E-state index contributed by atoms with van der Waals surface area (Å²) in [6.07, 6.45) is 2.52. The molecule has 0 saturated carbocycles. The number of nitrogens with one attached hydrogen (secondary N) is 1. The molecule has 0 spiro atoms. The Morgan fingerprint density at radius 1 is 1.29 bits per heavy atom. The lowest BCUT2D eigenvalue weighted by Gasteiger charge is -2.17. The van der Waals surface area contributed by atoms with E-state index in [-0.39, 0.29) is 6.04 Å². The van der Waals surface area contributed by atoms with Crippen LogP contribution < -0.4 is 16.0 Å². The minimum atomic E-state index is -0.310. The Hall–Kier alpha value is -1.33. The zero-order valence-electron chi connectivity index (χ0n) is 11.6. The molecule has 1 unspecified atom stereocenters. The Kier molecular flexibility index (Phi) is 5.82. The van der Waals surface area contributed by atoms with Gasteiger partial charge in [0.05, 0.1) is 28.4 Å². The van der Waals surface area contributed by atoms with Crippen molar-refractivity contribution in [3.05, 3.63) is 57.8 Å². The maximum absolute atomic E-state index is 6.19. The third kappa shape index (κ3) is 4.08. The molecular weight excluding hydrogens is 309 g/mol. The van der Waals surface area contributed by atoms with E-state index < -0.39 is 0 Å². The van der Waals surface area contributed by atoms with Crippen LogP contribution in [0.4, 0.5) is 0 Å². The molecule has 0 saturated heterocycles. The minimum absolute atomic E-state index is 0.310. The highest BCUT2D eigenvalue weighted by Crippen LogP contribution is 2.28. The standard InChI is InChI=1S/C15H17Cl2N3O/c1-2-7-21-12-5-3-10(4-6-12)14(20-18)15-13(17)8-11(16)9-19-15/h3-6,8-9,14,20H,2,7,18H2,1H3. The highest BCUT2D eigenvalue weighted by molar-refractivity contribution is 6.34. The molecule has 0 aliphatic carbocycles. The van der Waals surface area contributed by atoms with Crippen LogP contribution in [0.15, 0.2) is 36.5 Å². The average molecular weight is 326 g/mol. The first kappa shape index (κ1) is 16.0. The Morgan fingerprint density at radius 2 is 2.00 bits per heavy atom. The van der Waals surface area contributed by atoms with E-state index in [0.29, 0.717) is 22.3 Å². The summed E-state index contributed by atoms with van der Waals surface area (Å²) >= 11 is 12.1. The molecule has 0 amide bonds. The van der Waals surface area contributed by atoms with Crippen LogP contribution in [0, 0.1) is 0 Å². The van der Waals surface area contributed by atoms with E-state index in [0.717, 1.165) is 17.7 Å². The molecule has 6 heteroatoms. The molecule has 0 radical (unpaired) electrons. The van der Waals surface area contributed by atoms with Crippen molar-refractivity contribution in [2.24, 2.45) is 5.84 Å². The molecule has 1 aromatic heterocycles. The molecule has 112 valence electrons. The van der Waals surface area contributed by atoms with E-state index >= 15 is 0 Å². The van der Waals surface area contributed by atoms with Crippen LogP contribution in [0.1, 0.15) is 30.6 Å². The number of nitrogens with zero attached hydrogens (tertiary/aromatic N) is 1. The SMILES string of the molecule is CCCOc1ccc(C(NN)c2ncc(Cl)cc2Cl)cc1. The van der Waals surface area contributed by atoms with Gasteiger partial charge in [0.1, 0.15) is 5.75 Å². The van der Waals surface area contributed by atoms with E-state index in [1.165, 1.54) is 0 Å². The summed E-state index contributed by atoms with van der Waals surface area (Å²) < 4.78 is 5.56. The van der Waals surface area contributed by atoms with E-state index in [4.69, 9.17) is 33.8 Å².